The number of nitrogens with zero attached hydrogens (tertiary/aromatic N) is 1. The van der Waals surface area contributed by atoms with Crippen molar-refractivity contribution >= 4 is 10.0 Å². The summed E-state index contributed by atoms with van der Waals surface area (Å²) in [5, 5.41) is 0. The Kier molecular flexibility index (Phi) is 4.03. The topological polar surface area (TPSA) is 63.4 Å². The van der Waals surface area contributed by atoms with Crippen LogP contribution in [0, 0.1) is 11.3 Å². The van der Waals surface area contributed by atoms with Crippen LogP contribution in [-0.2, 0) is 10.0 Å². The fraction of sp³-hybridized carbons (Fsp3) is 1.00. The molecule has 1 fully saturated rings. The fourth-order valence-electron chi connectivity index (χ4n) is 2.30. The molecule has 2 unspecified atom stereocenters. The second-order valence-electron chi connectivity index (χ2n) is 6.07. The lowest BCUT2D eigenvalue weighted by Crippen LogP contribution is -2.39. The van der Waals surface area contributed by atoms with E-state index in [4.69, 9.17) is 5.73 Å². The summed E-state index contributed by atoms with van der Waals surface area (Å²) in [6.45, 7) is 8.99. The Morgan fingerprint density at radius 3 is 2.31 bits per heavy atom. The molecule has 0 bridgehead atoms. The molecular weight excluding hydrogens is 224 g/mol. The van der Waals surface area contributed by atoms with E-state index in [-0.39, 0.29) is 17.2 Å². The molecule has 0 amide bonds. The zero-order valence-corrected chi connectivity index (χ0v) is 11.5. The number of rotatable bonds is 3. The van der Waals surface area contributed by atoms with Gasteiger partial charge in [-0.2, -0.15) is 4.31 Å². The Hall–Kier alpha value is -0.130. The highest BCUT2D eigenvalue weighted by atomic mass is 32.2. The van der Waals surface area contributed by atoms with E-state index < -0.39 is 10.0 Å². The first-order chi connectivity index (χ1) is 7.15. The van der Waals surface area contributed by atoms with Crippen molar-refractivity contribution in [2.75, 3.05) is 18.8 Å². The molecule has 2 N–H and O–H groups in total. The van der Waals surface area contributed by atoms with E-state index in [1.54, 1.807) is 4.31 Å². The number of hydrogen-bond donors (Lipinski definition) is 1. The van der Waals surface area contributed by atoms with E-state index in [1.807, 2.05) is 27.7 Å². The Balaban J connectivity index is 2.77. The summed E-state index contributed by atoms with van der Waals surface area (Å²) in [7, 11) is -3.13. The van der Waals surface area contributed by atoms with Crippen molar-refractivity contribution < 1.29 is 8.42 Å². The molecule has 4 nitrogen and oxygen atoms in total. The van der Waals surface area contributed by atoms with Crippen LogP contribution in [0.2, 0.25) is 0 Å². The highest BCUT2D eigenvalue weighted by Crippen LogP contribution is 2.28. The second-order valence-corrected chi connectivity index (χ2v) is 7.99. The Labute approximate surface area is 99.2 Å². The Morgan fingerprint density at radius 2 is 1.94 bits per heavy atom. The van der Waals surface area contributed by atoms with Gasteiger partial charge in [0.2, 0.25) is 10.0 Å². The van der Waals surface area contributed by atoms with Crippen LogP contribution < -0.4 is 5.73 Å². The predicted octanol–water partition coefficient (Wildman–Crippen LogP) is 1.03. The van der Waals surface area contributed by atoms with Gasteiger partial charge >= 0.3 is 0 Å². The van der Waals surface area contributed by atoms with Gasteiger partial charge in [0.25, 0.3) is 0 Å². The van der Waals surface area contributed by atoms with Crippen LogP contribution in [0.15, 0.2) is 0 Å². The quantitative estimate of drug-likeness (QED) is 0.811. The maximum absolute atomic E-state index is 12.2. The van der Waals surface area contributed by atoms with E-state index in [1.165, 1.54) is 0 Å². The van der Waals surface area contributed by atoms with E-state index >= 15 is 0 Å². The van der Waals surface area contributed by atoms with Crippen LogP contribution in [0.1, 0.15) is 34.1 Å². The number of sulfonamides is 1. The van der Waals surface area contributed by atoms with Gasteiger partial charge in [-0.3, -0.25) is 0 Å². The Bertz CT molecular complexity index is 332. The molecule has 0 spiro atoms. The van der Waals surface area contributed by atoms with Gasteiger partial charge in [-0.1, -0.05) is 20.8 Å². The smallest absolute Gasteiger partial charge is 0.214 e. The van der Waals surface area contributed by atoms with Crippen LogP contribution in [0.3, 0.4) is 0 Å². The molecule has 0 aromatic rings. The van der Waals surface area contributed by atoms with Gasteiger partial charge in [-0.25, -0.2) is 8.42 Å². The van der Waals surface area contributed by atoms with E-state index in [0.29, 0.717) is 19.0 Å². The summed E-state index contributed by atoms with van der Waals surface area (Å²) in [6, 6.07) is 0.0981. The summed E-state index contributed by atoms with van der Waals surface area (Å²) in [6.07, 6.45) is 0.889. The molecule has 0 radical (unpaired) electrons. The maximum Gasteiger partial charge on any atom is 0.214 e. The number of nitrogens with two attached hydrogens (primary N) is 1. The molecule has 0 aliphatic carbocycles. The summed E-state index contributed by atoms with van der Waals surface area (Å²) in [5.74, 6) is 0.534. The van der Waals surface area contributed by atoms with Gasteiger partial charge in [0.15, 0.2) is 0 Å². The van der Waals surface area contributed by atoms with Crippen LogP contribution in [0.25, 0.3) is 0 Å². The lowest BCUT2D eigenvalue weighted by Gasteiger charge is -2.26. The minimum Gasteiger partial charge on any atom is -0.330 e. The lowest BCUT2D eigenvalue weighted by atomic mass is 10.0. The molecule has 1 rings (SSSR count). The fourth-order valence-corrected chi connectivity index (χ4v) is 4.63. The average molecular weight is 248 g/mol. The van der Waals surface area contributed by atoms with E-state index in [9.17, 15) is 8.42 Å². The lowest BCUT2D eigenvalue weighted by molar-refractivity contribution is 0.383. The van der Waals surface area contributed by atoms with Crippen LogP contribution in [-0.4, -0.2) is 37.6 Å². The van der Waals surface area contributed by atoms with Crippen molar-refractivity contribution in [1.29, 1.82) is 0 Å². The number of hydrogen-bond acceptors (Lipinski definition) is 3. The first kappa shape index (κ1) is 13.9. The highest BCUT2D eigenvalue weighted by molar-refractivity contribution is 7.89. The van der Waals surface area contributed by atoms with Gasteiger partial charge in [-0.15, -0.1) is 0 Å². The minimum atomic E-state index is -3.13. The molecule has 16 heavy (non-hydrogen) atoms. The minimum absolute atomic E-state index is 0.0981. The molecule has 5 heteroatoms. The maximum atomic E-state index is 12.2. The normalized spacial score (nSPS) is 28.6. The summed E-state index contributed by atoms with van der Waals surface area (Å²) in [5.41, 5.74) is 5.41. The largest absolute Gasteiger partial charge is 0.330 e. The van der Waals surface area contributed by atoms with Gasteiger partial charge in [-0.05, 0) is 31.2 Å². The Morgan fingerprint density at radius 1 is 1.38 bits per heavy atom. The first-order valence-electron chi connectivity index (χ1n) is 5.85. The van der Waals surface area contributed by atoms with Gasteiger partial charge < -0.3 is 5.73 Å². The van der Waals surface area contributed by atoms with Gasteiger partial charge in [0, 0.05) is 12.6 Å². The molecule has 1 aliphatic heterocycles. The van der Waals surface area contributed by atoms with Crippen molar-refractivity contribution in [1.82, 2.24) is 4.31 Å². The van der Waals surface area contributed by atoms with Crippen molar-refractivity contribution in [3.8, 4) is 0 Å². The average Bonchev–Trinajstić information content (AvgIpc) is 2.43. The summed E-state index contributed by atoms with van der Waals surface area (Å²) < 4.78 is 26.0. The van der Waals surface area contributed by atoms with Crippen LogP contribution in [0.5, 0.6) is 0 Å². The summed E-state index contributed by atoms with van der Waals surface area (Å²) in [4.78, 5) is 0. The zero-order chi connectivity index (χ0) is 12.6. The van der Waals surface area contributed by atoms with Crippen LogP contribution in [0.4, 0.5) is 0 Å². The second kappa shape index (κ2) is 4.63. The van der Waals surface area contributed by atoms with E-state index in [0.717, 1.165) is 6.42 Å². The van der Waals surface area contributed by atoms with E-state index in [2.05, 4.69) is 0 Å². The highest BCUT2D eigenvalue weighted by Gasteiger charge is 2.37. The molecule has 96 valence electrons. The van der Waals surface area contributed by atoms with Gasteiger partial charge in [0.05, 0.1) is 5.75 Å². The van der Waals surface area contributed by atoms with Crippen molar-refractivity contribution in [2.45, 2.75) is 40.2 Å². The van der Waals surface area contributed by atoms with Crippen molar-refractivity contribution in [3.63, 3.8) is 0 Å². The van der Waals surface area contributed by atoms with Gasteiger partial charge in [0.1, 0.15) is 0 Å². The van der Waals surface area contributed by atoms with Crippen LogP contribution >= 0.6 is 0 Å². The third-order valence-corrected chi connectivity index (χ3v) is 5.36. The molecule has 0 aromatic heterocycles. The molecular formula is C11H24N2O2S. The third-order valence-electron chi connectivity index (χ3n) is 2.91. The van der Waals surface area contributed by atoms with Crippen molar-refractivity contribution in [2.24, 2.45) is 17.1 Å². The molecule has 1 saturated heterocycles. The SMILES string of the molecule is CC1CC(CN)CN1S(=O)(=O)CC(C)(C)C. The molecule has 0 aromatic carbocycles. The molecule has 1 heterocycles. The predicted molar refractivity (Wildman–Crippen MR) is 66.6 cm³/mol. The summed E-state index contributed by atoms with van der Waals surface area (Å²) >= 11 is 0. The van der Waals surface area contributed by atoms with Crippen molar-refractivity contribution in [3.05, 3.63) is 0 Å². The third kappa shape index (κ3) is 3.43. The molecule has 1 aliphatic rings. The monoisotopic (exact) mass is 248 g/mol. The standard InChI is InChI=1S/C11H24N2O2S/c1-9-5-10(6-12)7-13(9)16(14,15)8-11(2,3)4/h9-10H,5-8,12H2,1-4H3. The molecule has 0 saturated carbocycles. The zero-order valence-electron chi connectivity index (χ0n) is 10.7. The molecule has 2 atom stereocenters. The first-order valence-corrected chi connectivity index (χ1v) is 7.46.